The summed E-state index contributed by atoms with van der Waals surface area (Å²) in [6.07, 6.45) is 9.06. The maximum atomic E-state index is 13.1. The smallest absolute Gasteiger partial charge is 0.230 e. The van der Waals surface area contributed by atoms with Gasteiger partial charge in [0.05, 0.1) is 17.3 Å². The van der Waals surface area contributed by atoms with Crippen LogP contribution in [0.25, 0.3) is 0 Å². The Kier molecular flexibility index (Phi) is 6.75. The molecule has 1 aromatic carbocycles. The number of ether oxygens (including phenoxy) is 1. The summed E-state index contributed by atoms with van der Waals surface area (Å²) in [6.45, 7) is 5.53. The van der Waals surface area contributed by atoms with Crippen molar-refractivity contribution < 1.29 is 13.7 Å². The second-order valence-electron chi connectivity index (χ2n) is 9.05. The largest absolute Gasteiger partial charge is 0.377 e. The predicted molar refractivity (Wildman–Crippen MR) is 120 cm³/mol. The number of rotatable bonds is 6. The van der Waals surface area contributed by atoms with Crippen molar-refractivity contribution in [3.63, 3.8) is 0 Å². The highest BCUT2D eigenvalue weighted by atomic mass is 32.2. The summed E-state index contributed by atoms with van der Waals surface area (Å²) in [4.78, 5) is 15.1. The summed E-state index contributed by atoms with van der Waals surface area (Å²) >= 11 is 0. The highest BCUT2D eigenvalue weighted by Gasteiger charge is 2.48. The number of nitrogens with zero attached hydrogens (tertiary/aromatic N) is 2. The Morgan fingerprint density at radius 3 is 2.43 bits per heavy atom. The number of amides is 1. The Labute approximate surface area is 183 Å². The fraction of sp³-hybridized carbons (Fsp3) is 0.625. The molecule has 0 N–H and O–H groups in total. The van der Waals surface area contributed by atoms with Crippen LogP contribution >= 0.6 is 0 Å². The fourth-order valence-electron chi connectivity index (χ4n) is 5.16. The molecule has 0 aromatic heterocycles. The molecule has 0 radical (unpaired) electrons. The van der Waals surface area contributed by atoms with E-state index >= 15 is 0 Å². The number of piperidine rings is 1. The van der Waals surface area contributed by atoms with E-state index in [1.165, 1.54) is 0 Å². The molecule has 164 valence electrons. The summed E-state index contributed by atoms with van der Waals surface area (Å²) in [5, 5.41) is 0.112. The molecule has 1 aliphatic carbocycles. The van der Waals surface area contributed by atoms with Gasteiger partial charge in [-0.05, 0) is 37.7 Å². The zero-order valence-electron chi connectivity index (χ0n) is 18.2. The maximum absolute atomic E-state index is 13.1. The van der Waals surface area contributed by atoms with Crippen LogP contribution in [0.1, 0.15) is 50.5 Å². The third-order valence-electron chi connectivity index (χ3n) is 7.15. The van der Waals surface area contributed by atoms with Gasteiger partial charge < -0.3 is 9.64 Å². The van der Waals surface area contributed by atoms with Crippen LogP contribution in [0.4, 0.5) is 0 Å². The lowest BCUT2D eigenvalue weighted by Crippen LogP contribution is -2.62. The van der Waals surface area contributed by atoms with Gasteiger partial charge in [0.2, 0.25) is 5.91 Å². The highest BCUT2D eigenvalue weighted by Crippen LogP contribution is 2.42. The third-order valence-corrected chi connectivity index (χ3v) is 8.93. The van der Waals surface area contributed by atoms with Gasteiger partial charge in [0, 0.05) is 38.7 Å². The van der Waals surface area contributed by atoms with Crippen molar-refractivity contribution in [3.05, 3.63) is 48.0 Å². The first-order valence-corrected chi connectivity index (χ1v) is 12.4. The van der Waals surface area contributed by atoms with Crippen LogP contribution < -0.4 is 0 Å². The molecular weight excluding hydrogens is 396 g/mol. The third kappa shape index (κ3) is 4.41. The zero-order valence-corrected chi connectivity index (χ0v) is 19.0. The SMILES string of the molecule is CCC(C(=O)N1CC2(CCN(S(=O)C3C=CC(OC)CC3)CC2)C1)c1ccccc1. The Bertz CT molecular complexity index is 781. The molecule has 2 saturated heterocycles. The Morgan fingerprint density at radius 2 is 1.87 bits per heavy atom. The van der Waals surface area contributed by atoms with E-state index < -0.39 is 11.0 Å². The number of methoxy groups -OCH3 is 1. The molecule has 4 rings (SSSR count). The minimum Gasteiger partial charge on any atom is -0.377 e. The molecule has 2 aliphatic heterocycles. The minimum atomic E-state index is -0.962. The van der Waals surface area contributed by atoms with E-state index in [0.717, 1.165) is 63.8 Å². The van der Waals surface area contributed by atoms with Crippen molar-refractivity contribution in [2.45, 2.75) is 56.3 Å². The number of benzene rings is 1. The predicted octanol–water partition coefficient (Wildman–Crippen LogP) is 3.50. The van der Waals surface area contributed by atoms with Gasteiger partial charge in [-0.2, -0.15) is 0 Å². The maximum Gasteiger partial charge on any atom is 0.230 e. The van der Waals surface area contributed by atoms with Crippen LogP contribution in [0.2, 0.25) is 0 Å². The lowest BCUT2D eigenvalue weighted by Gasteiger charge is -2.54. The van der Waals surface area contributed by atoms with E-state index in [2.05, 4.69) is 35.5 Å². The number of likely N-dealkylation sites (tertiary alicyclic amines) is 1. The average molecular weight is 431 g/mol. The van der Waals surface area contributed by atoms with Gasteiger partial charge in [-0.25, -0.2) is 8.51 Å². The molecule has 1 spiro atoms. The second kappa shape index (κ2) is 9.33. The molecule has 4 unspecified atom stereocenters. The highest BCUT2D eigenvalue weighted by molar-refractivity contribution is 7.83. The zero-order chi connectivity index (χ0) is 21.1. The van der Waals surface area contributed by atoms with E-state index in [0.29, 0.717) is 0 Å². The molecule has 2 fully saturated rings. The first kappa shape index (κ1) is 21.7. The monoisotopic (exact) mass is 430 g/mol. The van der Waals surface area contributed by atoms with Gasteiger partial charge in [-0.15, -0.1) is 0 Å². The van der Waals surface area contributed by atoms with Crippen molar-refractivity contribution in [2.24, 2.45) is 5.41 Å². The summed E-state index contributed by atoms with van der Waals surface area (Å²) in [6, 6.07) is 10.1. The normalized spacial score (nSPS) is 28.1. The lowest BCUT2D eigenvalue weighted by atomic mass is 9.72. The molecule has 6 heteroatoms. The molecule has 3 aliphatic rings. The first-order chi connectivity index (χ1) is 14.5. The lowest BCUT2D eigenvalue weighted by molar-refractivity contribution is -0.147. The average Bonchev–Trinajstić information content (AvgIpc) is 2.78. The fourth-order valence-corrected chi connectivity index (χ4v) is 6.65. The molecular formula is C24H34N2O3S. The van der Waals surface area contributed by atoms with Crippen LogP contribution in [0, 0.1) is 5.41 Å². The van der Waals surface area contributed by atoms with Gasteiger partial charge in [-0.3, -0.25) is 4.79 Å². The van der Waals surface area contributed by atoms with Gasteiger partial charge in [0.1, 0.15) is 11.0 Å². The summed E-state index contributed by atoms with van der Waals surface area (Å²) in [5.41, 5.74) is 1.35. The number of carbonyl (C=O) groups is 1. The number of hydrogen-bond acceptors (Lipinski definition) is 3. The summed E-state index contributed by atoms with van der Waals surface area (Å²) in [5.74, 6) is 0.227. The first-order valence-electron chi connectivity index (χ1n) is 11.3. The van der Waals surface area contributed by atoms with Crippen LogP contribution in [0.3, 0.4) is 0 Å². The number of hydrogen-bond donors (Lipinski definition) is 0. The van der Waals surface area contributed by atoms with Gasteiger partial charge >= 0.3 is 0 Å². The molecule has 1 aromatic rings. The van der Waals surface area contributed by atoms with Crippen molar-refractivity contribution in [3.8, 4) is 0 Å². The summed E-state index contributed by atoms with van der Waals surface area (Å²) in [7, 11) is 0.766. The molecule has 30 heavy (non-hydrogen) atoms. The molecule has 5 nitrogen and oxygen atoms in total. The van der Waals surface area contributed by atoms with E-state index in [9.17, 15) is 9.00 Å². The molecule has 0 bridgehead atoms. The van der Waals surface area contributed by atoms with Crippen molar-refractivity contribution in [1.82, 2.24) is 9.21 Å². The molecule has 4 atom stereocenters. The van der Waals surface area contributed by atoms with E-state index in [1.54, 1.807) is 7.11 Å². The van der Waals surface area contributed by atoms with Gasteiger partial charge in [0.15, 0.2) is 0 Å². The van der Waals surface area contributed by atoms with Crippen LogP contribution in [-0.4, -0.2) is 64.0 Å². The van der Waals surface area contributed by atoms with Crippen molar-refractivity contribution in [1.29, 1.82) is 0 Å². The standard InChI is InChI=1S/C24H34N2O3S/c1-3-22(19-7-5-4-6-8-19)23(27)25-17-24(18-25)13-15-26(16-14-24)30(28)21-11-9-20(29-2)10-12-21/h4-9,11,20-22H,3,10,12-18H2,1-2H3. The minimum absolute atomic E-state index is 0.0369. The topological polar surface area (TPSA) is 49.9 Å². The van der Waals surface area contributed by atoms with Crippen molar-refractivity contribution >= 4 is 16.9 Å². The van der Waals surface area contributed by atoms with E-state index in [1.807, 2.05) is 23.1 Å². The van der Waals surface area contributed by atoms with Gasteiger partial charge in [0.25, 0.3) is 0 Å². The van der Waals surface area contributed by atoms with Crippen molar-refractivity contribution in [2.75, 3.05) is 33.3 Å². The summed E-state index contributed by atoms with van der Waals surface area (Å²) < 4.78 is 20.5. The Morgan fingerprint density at radius 1 is 1.17 bits per heavy atom. The Hall–Kier alpha value is -1.50. The quantitative estimate of drug-likeness (QED) is 0.649. The molecule has 1 amide bonds. The van der Waals surface area contributed by atoms with Crippen LogP contribution in [-0.2, 0) is 20.5 Å². The van der Waals surface area contributed by atoms with Crippen LogP contribution in [0.5, 0.6) is 0 Å². The van der Waals surface area contributed by atoms with E-state index in [-0.39, 0.29) is 28.6 Å². The molecule has 2 heterocycles. The second-order valence-corrected chi connectivity index (χ2v) is 10.7. The van der Waals surface area contributed by atoms with Crippen LogP contribution in [0.15, 0.2) is 42.5 Å². The van der Waals surface area contributed by atoms with Gasteiger partial charge in [-0.1, -0.05) is 49.4 Å². The van der Waals surface area contributed by atoms with E-state index in [4.69, 9.17) is 4.74 Å². The number of carbonyl (C=O) groups excluding carboxylic acids is 1. The molecule has 0 saturated carbocycles. The Balaban J connectivity index is 1.28.